The molecule has 1 aliphatic carbocycles. The van der Waals surface area contributed by atoms with E-state index in [4.69, 9.17) is 4.74 Å². The Kier molecular flexibility index (Phi) is 11.9. The van der Waals surface area contributed by atoms with Gasteiger partial charge in [-0.25, -0.2) is 0 Å². The van der Waals surface area contributed by atoms with Crippen LogP contribution in [0.2, 0.25) is 0 Å². The number of ether oxygens (including phenoxy) is 1. The third-order valence-corrected chi connectivity index (χ3v) is 4.33. The molecule has 0 radical (unpaired) electrons. The maximum absolute atomic E-state index is 6.12. The second-order valence-electron chi connectivity index (χ2n) is 6.98. The minimum absolute atomic E-state index is 0. The Hall–Kier alpha value is 0.210. The van der Waals surface area contributed by atoms with Gasteiger partial charge in [-0.05, 0) is 25.7 Å². The monoisotopic (exact) mass is 305 g/mol. The molecule has 0 spiro atoms. The third-order valence-electron chi connectivity index (χ3n) is 4.33. The van der Waals surface area contributed by atoms with Crippen molar-refractivity contribution in [3.8, 4) is 0 Å². The van der Waals surface area contributed by atoms with E-state index in [0.29, 0.717) is 6.10 Å². The molecule has 1 rings (SSSR count). The van der Waals surface area contributed by atoms with Crippen molar-refractivity contribution in [3.05, 3.63) is 0 Å². The summed E-state index contributed by atoms with van der Waals surface area (Å²) in [6.07, 6.45) is 15.6. The van der Waals surface area contributed by atoms with Gasteiger partial charge in [0.1, 0.15) is 0 Å². The second kappa shape index (κ2) is 11.8. The van der Waals surface area contributed by atoms with Gasteiger partial charge < -0.3 is 21.6 Å². The molecule has 0 unspecified atom stereocenters. The number of unbranched alkanes of at least 4 members (excludes halogenated alkanes) is 5. The average Bonchev–Trinajstić information content (AvgIpc) is 2.42. The van der Waals surface area contributed by atoms with Crippen LogP contribution >= 0.6 is 0 Å². The van der Waals surface area contributed by atoms with Gasteiger partial charge in [0.25, 0.3) is 0 Å². The van der Waals surface area contributed by atoms with Crippen molar-refractivity contribution < 1.29 is 21.6 Å². The Labute approximate surface area is 133 Å². The molecule has 0 bridgehead atoms. The first-order chi connectivity index (χ1) is 9.14. The van der Waals surface area contributed by atoms with Crippen molar-refractivity contribution in [2.24, 2.45) is 0 Å². The number of hydrogen-bond donors (Lipinski definition) is 0. The molecule has 0 amide bonds. The van der Waals surface area contributed by atoms with E-state index in [1.165, 1.54) is 77.2 Å². The lowest BCUT2D eigenvalue weighted by atomic mass is 9.98. The van der Waals surface area contributed by atoms with Gasteiger partial charge in [-0.1, -0.05) is 51.9 Å². The summed E-state index contributed by atoms with van der Waals surface area (Å²) < 4.78 is 7.15. The molecular formula is C17H36ClNO. The van der Waals surface area contributed by atoms with Crippen LogP contribution in [0, 0.1) is 0 Å². The zero-order valence-electron chi connectivity index (χ0n) is 14.0. The quantitative estimate of drug-likeness (QED) is 0.339. The maximum atomic E-state index is 6.12. The van der Waals surface area contributed by atoms with Crippen molar-refractivity contribution in [1.29, 1.82) is 0 Å². The zero-order valence-corrected chi connectivity index (χ0v) is 14.8. The van der Waals surface area contributed by atoms with Crippen LogP contribution in [0.3, 0.4) is 0 Å². The standard InChI is InChI=1S/C17H36NO.ClH/c1-4-5-6-7-8-12-15-18(2,3)16-19-17-13-10-9-11-14-17;/h17H,4-16H2,1-3H3;1H/q+1;/p-1. The summed E-state index contributed by atoms with van der Waals surface area (Å²) in [5.74, 6) is 0. The van der Waals surface area contributed by atoms with E-state index in [0.717, 1.165) is 11.2 Å². The van der Waals surface area contributed by atoms with Gasteiger partial charge in [-0.3, -0.25) is 0 Å². The molecule has 0 aromatic rings. The minimum atomic E-state index is 0. The van der Waals surface area contributed by atoms with Crippen LogP contribution in [0.4, 0.5) is 0 Å². The summed E-state index contributed by atoms with van der Waals surface area (Å²) in [6, 6.07) is 0. The molecule has 0 saturated heterocycles. The molecule has 0 N–H and O–H groups in total. The lowest BCUT2D eigenvalue weighted by Gasteiger charge is -2.32. The van der Waals surface area contributed by atoms with Crippen LogP contribution in [0.25, 0.3) is 0 Å². The van der Waals surface area contributed by atoms with Crippen molar-refractivity contribution >= 4 is 0 Å². The lowest BCUT2D eigenvalue weighted by molar-refractivity contribution is -0.910. The predicted molar refractivity (Wildman–Crippen MR) is 83.2 cm³/mol. The Morgan fingerprint density at radius 2 is 1.50 bits per heavy atom. The lowest BCUT2D eigenvalue weighted by Crippen LogP contribution is -3.00. The third kappa shape index (κ3) is 10.0. The number of halogens is 1. The summed E-state index contributed by atoms with van der Waals surface area (Å²) in [7, 11) is 4.63. The molecule has 3 heteroatoms. The molecule has 0 atom stereocenters. The second-order valence-corrected chi connectivity index (χ2v) is 6.98. The minimum Gasteiger partial charge on any atom is -1.00 e. The van der Waals surface area contributed by atoms with Crippen LogP contribution in [0.1, 0.15) is 77.6 Å². The van der Waals surface area contributed by atoms with Gasteiger partial charge in [0.15, 0.2) is 6.73 Å². The predicted octanol–water partition coefficient (Wildman–Crippen LogP) is 1.73. The molecule has 0 aliphatic heterocycles. The molecule has 2 nitrogen and oxygen atoms in total. The summed E-state index contributed by atoms with van der Waals surface area (Å²) >= 11 is 0. The van der Waals surface area contributed by atoms with Crippen molar-refractivity contribution in [2.75, 3.05) is 27.4 Å². The van der Waals surface area contributed by atoms with Gasteiger partial charge in [0.2, 0.25) is 0 Å². The highest BCUT2D eigenvalue weighted by Crippen LogP contribution is 2.21. The first kappa shape index (κ1) is 20.2. The average molecular weight is 306 g/mol. The highest BCUT2D eigenvalue weighted by Gasteiger charge is 2.19. The van der Waals surface area contributed by atoms with Crippen molar-refractivity contribution in [2.45, 2.75) is 83.7 Å². The zero-order chi connectivity index (χ0) is 14.0. The van der Waals surface area contributed by atoms with Crippen molar-refractivity contribution in [1.82, 2.24) is 0 Å². The molecule has 1 saturated carbocycles. The van der Waals surface area contributed by atoms with Gasteiger partial charge in [-0.15, -0.1) is 0 Å². The van der Waals surface area contributed by atoms with Crippen LogP contribution in [0.15, 0.2) is 0 Å². The summed E-state index contributed by atoms with van der Waals surface area (Å²) in [6.45, 7) is 4.45. The Morgan fingerprint density at radius 1 is 0.900 bits per heavy atom. The molecule has 0 heterocycles. The molecule has 122 valence electrons. The molecule has 1 fully saturated rings. The molecule has 0 aromatic heterocycles. The van der Waals surface area contributed by atoms with Gasteiger partial charge >= 0.3 is 0 Å². The fourth-order valence-corrected chi connectivity index (χ4v) is 2.92. The maximum Gasteiger partial charge on any atom is 0.183 e. The highest BCUT2D eigenvalue weighted by atomic mass is 35.5. The fourth-order valence-electron chi connectivity index (χ4n) is 2.92. The van der Waals surface area contributed by atoms with Crippen LogP contribution in [-0.2, 0) is 4.74 Å². The molecule has 0 aromatic carbocycles. The van der Waals surface area contributed by atoms with E-state index in [1.807, 2.05) is 0 Å². The Bertz CT molecular complexity index is 215. The first-order valence-electron chi connectivity index (χ1n) is 8.57. The largest absolute Gasteiger partial charge is 1.00 e. The summed E-state index contributed by atoms with van der Waals surface area (Å²) in [5, 5.41) is 0. The van der Waals surface area contributed by atoms with Crippen LogP contribution in [-0.4, -0.2) is 38.0 Å². The molecule has 1 aliphatic rings. The van der Waals surface area contributed by atoms with E-state index in [-0.39, 0.29) is 12.4 Å². The molecular weight excluding hydrogens is 270 g/mol. The number of nitrogens with zero attached hydrogens (tertiary/aromatic N) is 1. The van der Waals surface area contributed by atoms with Crippen LogP contribution < -0.4 is 12.4 Å². The van der Waals surface area contributed by atoms with E-state index in [1.54, 1.807) is 0 Å². The van der Waals surface area contributed by atoms with Gasteiger partial charge in [0.05, 0.1) is 26.7 Å². The number of rotatable bonds is 10. The van der Waals surface area contributed by atoms with Gasteiger partial charge in [-0.2, -0.15) is 0 Å². The van der Waals surface area contributed by atoms with E-state index < -0.39 is 0 Å². The Morgan fingerprint density at radius 3 is 2.15 bits per heavy atom. The van der Waals surface area contributed by atoms with Gasteiger partial charge in [0, 0.05) is 0 Å². The van der Waals surface area contributed by atoms with E-state index >= 15 is 0 Å². The smallest absolute Gasteiger partial charge is 0.183 e. The SMILES string of the molecule is CCCCCCCC[N+](C)(C)COC1CCCCC1.[Cl-]. The first-order valence-corrected chi connectivity index (χ1v) is 8.57. The summed E-state index contributed by atoms with van der Waals surface area (Å²) in [4.78, 5) is 0. The number of quaternary nitrogens is 1. The Balaban J connectivity index is 0.00000361. The highest BCUT2D eigenvalue weighted by molar-refractivity contribution is 4.64. The normalized spacial score (nSPS) is 16.9. The molecule has 20 heavy (non-hydrogen) atoms. The number of hydrogen-bond acceptors (Lipinski definition) is 1. The van der Waals surface area contributed by atoms with Crippen LogP contribution in [0.5, 0.6) is 0 Å². The van der Waals surface area contributed by atoms with E-state index in [2.05, 4.69) is 21.0 Å². The van der Waals surface area contributed by atoms with E-state index in [9.17, 15) is 0 Å². The fraction of sp³-hybridized carbons (Fsp3) is 1.00. The van der Waals surface area contributed by atoms with Crippen molar-refractivity contribution in [3.63, 3.8) is 0 Å². The topological polar surface area (TPSA) is 9.23 Å². The summed E-state index contributed by atoms with van der Waals surface area (Å²) in [5.41, 5.74) is 0.